The van der Waals surface area contributed by atoms with Crippen molar-refractivity contribution in [3.05, 3.63) is 72.1 Å². The van der Waals surface area contributed by atoms with Gasteiger partial charge in [0.25, 0.3) is 0 Å². The minimum absolute atomic E-state index is 0.0424. The van der Waals surface area contributed by atoms with Crippen molar-refractivity contribution in [3.8, 4) is 22.5 Å². The first-order valence-corrected chi connectivity index (χ1v) is 9.49. The van der Waals surface area contributed by atoms with Gasteiger partial charge in [-0.2, -0.15) is 0 Å². The van der Waals surface area contributed by atoms with Crippen LogP contribution in [0.3, 0.4) is 0 Å². The van der Waals surface area contributed by atoms with Gasteiger partial charge in [-0.1, -0.05) is 69.6 Å². The van der Waals surface area contributed by atoms with Crippen LogP contribution in [0.5, 0.6) is 0 Å². The molecule has 0 aliphatic heterocycles. The quantitative estimate of drug-likeness (QED) is 0.412. The van der Waals surface area contributed by atoms with Gasteiger partial charge in [-0.05, 0) is 36.4 Å². The van der Waals surface area contributed by atoms with Gasteiger partial charge in [-0.3, -0.25) is 0 Å². The second kappa shape index (κ2) is 8.04. The van der Waals surface area contributed by atoms with Gasteiger partial charge in [0.15, 0.2) is 0 Å². The summed E-state index contributed by atoms with van der Waals surface area (Å²) in [6, 6.07) is 8.65. The van der Waals surface area contributed by atoms with Crippen molar-refractivity contribution in [2.24, 2.45) is 0 Å². The van der Waals surface area contributed by atoms with Crippen LogP contribution in [-0.4, -0.2) is 16.1 Å². The molecule has 0 unspecified atom stereocenters. The Balaban J connectivity index is 2.33. The Morgan fingerprint density at radius 1 is 0.667 bits per heavy atom. The third-order valence-corrected chi connectivity index (χ3v) is 5.23. The third-order valence-electron chi connectivity index (χ3n) is 3.60. The van der Waals surface area contributed by atoms with E-state index in [0.29, 0.717) is 21.2 Å². The number of halogens is 6. The maximum atomic E-state index is 11.6. The van der Waals surface area contributed by atoms with Gasteiger partial charge in [0.1, 0.15) is 0 Å². The lowest BCUT2D eigenvalue weighted by atomic mass is 10.0. The fraction of sp³-hybridized carbons (Fsp3) is 0. The SMILES string of the molecule is O=C(O)c1cc(-c2c(Cl)cc(Cl)cc2Cl)nc(-c2c(Cl)cc(Cl)cc2Cl)c1. The van der Waals surface area contributed by atoms with Crippen LogP contribution in [0.15, 0.2) is 36.4 Å². The first kappa shape index (κ1) is 20.5. The standard InChI is InChI=1S/C18H7Cl6NO2/c19-8-3-10(21)16(11(22)4-8)14-1-7(18(26)27)2-15(25-14)17-12(23)5-9(20)6-13(17)24/h1-6H,(H,26,27). The van der Waals surface area contributed by atoms with E-state index in [1.54, 1.807) is 0 Å². The number of aromatic nitrogens is 1. The molecule has 0 saturated heterocycles. The van der Waals surface area contributed by atoms with Crippen molar-refractivity contribution >= 4 is 75.6 Å². The van der Waals surface area contributed by atoms with E-state index in [1.165, 1.54) is 36.4 Å². The summed E-state index contributed by atoms with van der Waals surface area (Å²) in [6.45, 7) is 0. The molecule has 0 saturated carbocycles. The summed E-state index contributed by atoms with van der Waals surface area (Å²) in [4.78, 5) is 16.1. The maximum Gasteiger partial charge on any atom is 0.335 e. The van der Waals surface area contributed by atoms with Crippen molar-refractivity contribution < 1.29 is 9.90 Å². The summed E-state index contributed by atoms with van der Waals surface area (Å²) in [5.41, 5.74) is 1.11. The number of rotatable bonds is 3. The number of carboxylic acids is 1. The number of nitrogens with zero attached hydrogens (tertiary/aromatic N) is 1. The van der Waals surface area contributed by atoms with Gasteiger partial charge in [0.2, 0.25) is 0 Å². The van der Waals surface area contributed by atoms with Gasteiger partial charge in [-0.15, -0.1) is 0 Å². The molecular formula is C18H7Cl6NO2. The third kappa shape index (κ3) is 4.29. The summed E-state index contributed by atoms with van der Waals surface area (Å²) in [7, 11) is 0. The van der Waals surface area contributed by atoms with Gasteiger partial charge in [0, 0.05) is 21.2 Å². The van der Waals surface area contributed by atoms with Crippen LogP contribution in [0.1, 0.15) is 10.4 Å². The molecule has 0 radical (unpaired) electrons. The predicted octanol–water partition coefficient (Wildman–Crippen LogP) is 8.03. The lowest BCUT2D eigenvalue weighted by Crippen LogP contribution is -2.01. The van der Waals surface area contributed by atoms with Gasteiger partial charge in [0.05, 0.1) is 37.0 Å². The number of aromatic carboxylic acids is 1. The Bertz CT molecular complexity index is 962. The molecule has 0 spiro atoms. The van der Waals surface area contributed by atoms with E-state index in [4.69, 9.17) is 69.6 Å². The molecule has 1 aromatic heterocycles. The summed E-state index contributed by atoms with van der Waals surface area (Å²) in [5.74, 6) is -1.16. The number of pyridine rings is 1. The molecule has 9 heteroatoms. The molecule has 0 atom stereocenters. The molecule has 0 aliphatic rings. The van der Waals surface area contributed by atoms with E-state index in [2.05, 4.69) is 4.98 Å². The largest absolute Gasteiger partial charge is 0.478 e. The zero-order chi connectivity index (χ0) is 19.9. The van der Waals surface area contributed by atoms with Crippen molar-refractivity contribution in [2.75, 3.05) is 0 Å². The molecule has 1 N–H and O–H groups in total. The molecule has 3 aromatic rings. The van der Waals surface area contributed by atoms with Gasteiger partial charge in [-0.25, -0.2) is 9.78 Å². The van der Waals surface area contributed by atoms with Crippen molar-refractivity contribution in [3.63, 3.8) is 0 Å². The van der Waals surface area contributed by atoms with Crippen molar-refractivity contribution in [2.45, 2.75) is 0 Å². The maximum absolute atomic E-state index is 11.6. The van der Waals surface area contributed by atoms with E-state index < -0.39 is 5.97 Å². The van der Waals surface area contributed by atoms with E-state index in [9.17, 15) is 9.90 Å². The lowest BCUT2D eigenvalue weighted by Gasteiger charge is -2.13. The average Bonchev–Trinajstić information content (AvgIpc) is 2.52. The Labute approximate surface area is 184 Å². The number of carboxylic acid groups (broad SMARTS) is 1. The number of hydrogen-bond donors (Lipinski definition) is 1. The fourth-order valence-electron chi connectivity index (χ4n) is 2.48. The van der Waals surface area contributed by atoms with Gasteiger partial charge < -0.3 is 5.11 Å². The number of benzene rings is 2. The lowest BCUT2D eigenvalue weighted by molar-refractivity contribution is 0.0697. The minimum Gasteiger partial charge on any atom is -0.478 e. The van der Waals surface area contributed by atoms with Crippen LogP contribution in [0.2, 0.25) is 30.1 Å². The van der Waals surface area contributed by atoms with E-state index in [1.807, 2.05) is 0 Å². The van der Waals surface area contributed by atoms with Crippen LogP contribution < -0.4 is 0 Å². The number of carbonyl (C=O) groups is 1. The molecule has 2 aromatic carbocycles. The van der Waals surface area contributed by atoms with Crippen LogP contribution in [0, 0.1) is 0 Å². The normalized spacial score (nSPS) is 10.9. The highest BCUT2D eigenvalue weighted by Gasteiger charge is 2.19. The predicted molar refractivity (Wildman–Crippen MR) is 112 cm³/mol. The summed E-state index contributed by atoms with van der Waals surface area (Å²) in [5, 5.41) is 11.1. The first-order chi connectivity index (χ1) is 12.7. The second-order valence-electron chi connectivity index (χ2n) is 5.42. The highest BCUT2D eigenvalue weighted by atomic mass is 35.5. The van der Waals surface area contributed by atoms with Crippen LogP contribution in [0.25, 0.3) is 22.5 Å². The molecule has 0 fully saturated rings. The monoisotopic (exact) mass is 479 g/mol. The van der Waals surface area contributed by atoms with Crippen LogP contribution in [0.4, 0.5) is 0 Å². The Hall–Kier alpha value is -1.20. The average molecular weight is 482 g/mol. The second-order valence-corrected chi connectivity index (χ2v) is 7.92. The minimum atomic E-state index is -1.16. The smallest absolute Gasteiger partial charge is 0.335 e. The highest BCUT2D eigenvalue weighted by Crippen LogP contribution is 2.40. The molecular weight excluding hydrogens is 475 g/mol. The summed E-state index contributed by atoms with van der Waals surface area (Å²) < 4.78 is 0. The molecule has 0 bridgehead atoms. The van der Waals surface area contributed by atoms with E-state index >= 15 is 0 Å². The van der Waals surface area contributed by atoms with Crippen molar-refractivity contribution in [1.82, 2.24) is 4.98 Å². The Morgan fingerprint density at radius 3 is 1.30 bits per heavy atom. The van der Waals surface area contributed by atoms with E-state index in [-0.39, 0.29) is 37.0 Å². The molecule has 3 nitrogen and oxygen atoms in total. The van der Waals surface area contributed by atoms with Crippen LogP contribution >= 0.6 is 69.6 Å². The molecule has 0 aliphatic carbocycles. The molecule has 138 valence electrons. The first-order valence-electron chi connectivity index (χ1n) is 7.22. The van der Waals surface area contributed by atoms with Crippen molar-refractivity contribution in [1.29, 1.82) is 0 Å². The molecule has 1 heterocycles. The van der Waals surface area contributed by atoms with E-state index in [0.717, 1.165) is 0 Å². The number of hydrogen-bond acceptors (Lipinski definition) is 2. The fourth-order valence-corrected chi connectivity index (χ4v) is 4.51. The molecule has 27 heavy (non-hydrogen) atoms. The molecule has 0 amide bonds. The highest BCUT2D eigenvalue weighted by molar-refractivity contribution is 6.42. The summed E-state index contributed by atoms with van der Waals surface area (Å²) >= 11 is 36.9. The zero-order valence-electron chi connectivity index (χ0n) is 13.0. The molecule has 3 rings (SSSR count). The van der Waals surface area contributed by atoms with Crippen LogP contribution in [-0.2, 0) is 0 Å². The Kier molecular flexibility index (Phi) is 6.11. The van der Waals surface area contributed by atoms with Gasteiger partial charge >= 0.3 is 5.97 Å². The topological polar surface area (TPSA) is 50.2 Å². The Morgan fingerprint density at radius 2 is 1.00 bits per heavy atom. The zero-order valence-corrected chi connectivity index (χ0v) is 17.6. The summed E-state index contributed by atoms with van der Waals surface area (Å²) in [6.07, 6.45) is 0.